The summed E-state index contributed by atoms with van der Waals surface area (Å²) in [5.74, 6) is -0.361. The van der Waals surface area contributed by atoms with Crippen LogP contribution in [-0.4, -0.2) is 62.9 Å². The second-order valence-corrected chi connectivity index (χ2v) is 5.82. The summed E-state index contributed by atoms with van der Waals surface area (Å²) >= 11 is 0. The van der Waals surface area contributed by atoms with Gasteiger partial charge >= 0.3 is 35.5 Å². The molecule has 5 nitrogen and oxygen atoms in total. The van der Waals surface area contributed by atoms with Crippen LogP contribution in [0.25, 0.3) is 0 Å². The van der Waals surface area contributed by atoms with Gasteiger partial charge in [-0.25, -0.2) is 4.79 Å². The average molecular weight is 302 g/mol. The summed E-state index contributed by atoms with van der Waals surface area (Å²) < 4.78 is 32.3. The van der Waals surface area contributed by atoms with Gasteiger partial charge in [-0.1, -0.05) is 19.9 Å². The van der Waals surface area contributed by atoms with Gasteiger partial charge in [-0.05, 0) is 26.2 Å². The first-order valence-electron chi connectivity index (χ1n) is 6.08. The van der Waals surface area contributed by atoms with Crippen molar-refractivity contribution in [2.24, 2.45) is 0 Å². The summed E-state index contributed by atoms with van der Waals surface area (Å²) in [6.45, 7) is 7.34. The third kappa shape index (κ3) is 12.9. The molecule has 7 heteroatoms. The summed E-state index contributed by atoms with van der Waals surface area (Å²) in [6, 6.07) is 0. The van der Waals surface area contributed by atoms with Gasteiger partial charge in [0, 0.05) is 5.57 Å². The van der Waals surface area contributed by atoms with E-state index < -0.39 is 16.1 Å². The zero-order valence-corrected chi connectivity index (χ0v) is 11.9. The Morgan fingerprint density at radius 1 is 1.16 bits per heavy atom. The third-order valence-electron chi connectivity index (χ3n) is 2.13. The van der Waals surface area contributed by atoms with Crippen LogP contribution in [0.5, 0.6) is 0 Å². The molecule has 0 aromatic rings. The van der Waals surface area contributed by atoms with Crippen molar-refractivity contribution in [3.63, 3.8) is 0 Å². The summed E-state index contributed by atoms with van der Waals surface area (Å²) in [5.41, 5.74) is 0.355. The van der Waals surface area contributed by atoms with E-state index in [-0.39, 0.29) is 48.5 Å². The van der Waals surface area contributed by atoms with Crippen LogP contribution in [-0.2, 0) is 23.8 Å². The fourth-order valence-corrected chi connectivity index (χ4v) is 2.19. The van der Waals surface area contributed by atoms with E-state index in [1.807, 2.05) is 6.92 Å². The van der Waals surface area contributed by atoms with Crippen molar-refractivity contribution in [2.75, 3.05) is 19.0 Å². The van der Waals surface area contributed by atoms with E-state index in [2.05, 4.69) is 6.58 Å². The second kappa shape index (κ2) is 11.9. The topological polar surface area (TPSA) is 69.7 Å². The molecule has 0 heterocycles. The molecule has 0 spiro atoms. The van der Waals surface area contributed by atoms with Crippen LogP contribution in [0.4, 0.5) is 0 Å². The van der Waals surface area contributed by atoms with Crippen molar-refractivity contribution in [2.45, 2.75) is 39.5 Å². The molecular formula is C12H23NaO5S. The minimum absolute atomic E-state index is 0. The Kier molecular flexibility index (Phi) is 13.4. The van der Waals surface area contributed by atoms with Gasteiger partial charge in [-0.2, -0.15) is 8.42 Å². The van der Waals surface area contributed by atoms with E-state index in [9.17, 15) is 13.2 Å². The predicted octanol–water partition coefficient (Wildman–Crippen LogP) is 1.38. The van der Waals surface area contributed by atoms with Crippen LogP contribution in [0, 0.1) is 0 Å². The van der Waals surface area contributed by atoms with E-state index in [1.54, 1.807) is 6.92 Å². The molecule has 19 heavy (non-hydrogen) atoms. The number of carbonyl (C=O) groups excluding carboxylic acids is 1. The maximum absolute atomic E-state index is 11.3. The third-order valence-corrected chi connectivity index (χ3v) is 3.45. The molecule has 0 radical (unpaired) electrons. The average Bonchev–Trinajstić information content (AvgIpc) is 2.30. The first-order chi connectivity index (χ1) is 8.39. The van der Waals surface area contributed by atoms with Crippen molar-refractivity contribution in [3.05, 3.63) is 12.2 Å². The van der Waals surface area contributed by atoms with Crippen molar-refractivity contribution in [1.29, 1.82) is 0 Å². The zero-order valence-electron chi connectivity index (χ0n) is 11.1. The Hall–Kier alpha value is 0.120. The number of carbonyl (C=O) groups is 1. The molecule has 0 aromatic heterocycles. The van der Waals surface area contributed by atoms with Crippen LogP contribution >= 0.6 is 0 Å². The summed E-state index contributed by atoms with van der Waals surface area (Å²) in [4.78, 5) is 11.0. The Bertz CT molecular complexity index is 364. The molecule has 0 amide bonds. The van der Waals surface area contributed by atoms with E-state index in [0.29, 0.717) is 24.8 Å². The Morgan fingerprint density at radius 3 is 2.26 bits per heavy atom. The van der Waals surface area contributed by atoms with Crippen LogP contribution < -0.4 is 0 Å². The van der Waals surface area contributed by atoms with Gasteiger partial charge < -0.3 is 4.74 Å². The number of ether oxygens (including phenoxy) is 1. The van der Waals surface area contributed by atoms with E-state index >= 15 is 0 Å². The molecular weight excluding hydrogens is 279 g/mol. The number of unbranched alkanes of at least 4 members (excludes halogenated alkanes) is 2. The molecule has 108 valence electrons. The normalized spacial score (nSPS) is 10.6. The van der Waals surface area contributed by atoms with E-state index in [4.69, 9.17) is 8.92 Å². The monoisotopic (exact) mass is 302 g/mol. The number of rotatable bonds is 10. The van der Waals surface area contributed by atoms with Gasteiger partial charge in [0.1, 0.15) is 0 Å². The van der Waals surface area contributed by atoms with Gasteiger partial charge in [-0.15, -0.1) is 0 Å². The quantitative estimate of drug-likeness (QED) is 0.200. The van der Waals surface area contributed by atoms with Gasteiger partial charge in [0.2, 0.25) is 0 Å². The molecule has 0 unspecified atom stereocenters. The number of hydrogen-bond acceptors (Lipinski definition) is 5. The molecule has 0 aliphatic heterocycles. The van der Waals surface area contributed by atoms with Gasteiger partial charge in [0.25, 0.3) is 10.1 Å². The van der Waals surface area contributed by atoms with Crippen LogP contribution in [0.15, 0.2) is 12.2 Å². The summed E-state index contributed by atoms with van der Waals surface area (Å²) in [6.07, 6.45) is 2.54. The van der Waals surface area contributed by atoms with Crippen LogP contribution in [0.2, 0.25) is 0 Å². The van der Waals surface area contributed by atoms with Crippen molar-refractivity contribution < 1.29 is 22.1 Å². The van der Waals surface area contributed by atoms with Crippen LogP contribution in [0.3, 0.4) is 0 Å². The molecule has 0 rings (SSSR count). The molecule has 0 N–H and O–H groups in total. The Balaban J connectivity index is 0. The standard InChI is InChI=1S/C12H22O5S.Na.H/c1-4-5-10-18(14,15)17-9-7-6-8-16-12(13)11(2)3;;/h2,4-10H2,1,3H3;;. The Morgan fingerprint density at radius 2 is 1.74 bits per heavy atom. The van der Waals surface area contributed by atoms with Crippen molar-refractivity contribution >= 4 is 45.6 Å². The van der Waals surface area contributed by atoms with Gasteiger partial charge in [0.05, 0.1) is 19.0 Å². The van der Waals surface area contributed by atoms with Crippen molar-refractivity contribution in [1.82, 2.24) is 0 Å². The zero-order chi connectivity index (χ0) is 14.0. The van der Waals surface area contributed by atoms with Gasteiger partial charge in [0.15, 0.2) is 0 Å². The van der Waals surface area contributed by atoms with Crippen molar-refractivity contribution in [3.8, 4) is 0 Å². The second-order valence-electron chi connectivity index (χ2n) is 4.06. The predicted molar refractivity (Wildman–Crippen MR) is 76.8 cm³/mol. The first kappa shape index (κ1) is 21.4. The molecule has 0 aliphatic carbocycles. The number of hydrogen-bond donors (Lipinski definition) is 0. The molecule has 0 bridgehead atoms. The fraction of sp³-hybridized carbons (Fsp3) is 0.750. The van der Waals surface area contributed by atoms with Crippen LogP contribution in [0.1, 0.15) is 39.5 Å². The van der Waals surface area contributed by atoms with E-state index in [0.717, 1.165) is 6.42 Å². The minimum atomic E-state index is -3.38. The molecule has 0 atom stereocenters. The molecule has 0 saturated carbocycles. The molecule has 0 aliphatic rings. The van der Waals surface area contributed by atoms with E-state index in [1.165, 1.54) is 0 Å². The molecule has 0 fully saturated rings. The summed E-state index contributed by atoms with van der Waals surface area (Å²) in [5, 5.41) is 0. The van der Waals surface area contributed by atoms with Gasteiger partial charge in [-0.3, -0.25) is 4.18 Å². The Labute approximate surface area is 138 Å². The molecule has 0 saturated heterocycles. The maximum atomic E-state index is 11.3. The number of esters is 1. The molecule has 0 aromatic carbocycles. The summed E-state index contributed by atoms with van der Waals surface area (Å²) in [7, 11) is -3.38. The first-order valence-corrected chi connectivity index (χ1v) is 7.66. The SMILES string of the molecule is C=C(C)C(=O)OCCCCOS(=O)(=O)CCCC.[NaH]. The fourth-order valence-electron chi connectivity index (χ4n) is 1.06.